The summed E-state index contributed by atoms with van der Waals surface area (Å²) in [6.45, 7) is 2.52. The molecule has 6 nitrogen and oxygen atoms in total. The van der Waals surface area contributed by atoms with Crippen LogP contribution in [0, 0.1) is 0 Å². The molecule has 0 spiro atoms. The summed E-state index contributed by atoms with van der Waals surface area (Å²) < 4.78 is 23.9. The SMILES string of the molecule is CC(C)(ONS(=O)(=O)c1ccc(C2CC2)cc1)C(=O)O. The summed E-state index contributed by atoms with van der Waals surface area (Å²) in [6, 6.07) is 6.53. The second-order valence-corrected chi connectivity index (χ2v) is 6.99. The van der Waals surface area contributed by atoms with E-state index in [1.807, 2.05) is 4.89 Å². The van der Waals surface area contributed by atoms with Gasteiger partial charge in [-0.25, -0.2) is 13.2 Å². The molecule has 7 heteroatoms. The smallest absolute Gasteiger partial charge is 0.337 e. The zero-order valence-electron chi connectivity index (χ0n) is 11.3. The van der Waals surface area contributed by atoms with Crippen LogP contribution in [0.1, 0.15) is 38.2 Å². The van der Waals surface area contributed by atoms with Gasteiger partial charge in [0.25, 0.3) is 10.0 Å². The van der Waals surface area contributed by atoms with E-state index in [1.54, 1.807) is 12.1 Å². The van der Waals surface area contributed by atoms with Gasteiger partial charge in [-0.05, 0) is 50.3 Å². The lowest BCUT2D eigenvalue weighted by Crippen LogP contribution is -2.41. The number of sulfonamides is 1. The first-order chi connectivity index (χ1) is 9.22. The number of carboxylic acid groups (broad SMARTS) is 1. The van der Waals surface area contributed by atoms with Gasteiger partial charge in [0.2, 0.25) is 0 Å². The molecule has 110 valence electrons. The van der Waals surface area contributed by atoms with Crippen LogP contribution in [0.25, 0.3) is 0 Å². The highest BCUT2D eigenvalue weighted by molar-refractivity contribution is 7.89. The number of carbonyl (C=O) groups is 1. The molecular weight excluding hydrogens is 282 g/mol. The predicted molar refractivity (Wildman–Crippen MR) is 71.5 cm³/mol. The normalized spacial score (nSPS) is 16.1. The van der Waals surface area contributed by atoms with Crippen LogP contribution in [-0.2, 0) is 19.7 Å². The van der Waals surface area contributed by atoms with Crippen LogP contribution in [0.15, 0.2) is 29.2 Å². The minimum Gasteiger partial charge on any atom is -0.479 e. The van der Waals surface area contributed by atoms with Gasteiger partial charge in [-0.2, -0.15) is 0 Å². The Morgan fingerprint density at radius 1 is 1.30 bits per heavy atom. The van der Waals surface area contributed by atoms with E-state index < -0.39 is 21.6 Å². The van der Waals surface area contributed by atoms with Crippen molar-refractivity contribution < 1.29 is 23.2 Å². The molecule has 0 unspecified atom stereocenters. The van der Waals surface area contributed by atoms with Gasteiger partial charge in [-0.15, -0.1) is 0 Å². The molecule has 1 aliphatic rings. The van der Waals surface area contributed by atoms with Crippen LogP contribution >= 0.6 is 0 Å². The summed E-state index contributed by atoms with van der Waals surface area (Å²) in [6.07, 6.45) is 2.28. The maximum atomic E-state index is 12.0. The quantitative estimate of drug-likeness (QED) is 0.779. The van der Waals surface area contributed by atoms with Crippen molar-refractivity contribution >= 4 is 16.0 Å². The molecule has 0 atom stereocenters. The Balaban J connectivity index is 2.08. The van der Waals surface area contributed by atoms with E-state index in [2.05, 4.69) is 0 Å². The topological polar surface area (TPSA) is 92.7 Å². The molecule has 1 aromatic rings. The average molecular weight is 299 g/mol. The molecule has 1 saturated carbocycles. The summed E-state index contributed by atoms with van der Waals surface area (Å²) in [5.41, 5.74) is -0.517. The van der Waals surface area contributed by atoms with Crippen molar-refractivity contribution in [3.8, 4) is 0 Å². The largest absolute Gasteiger partial charge is 0.479 e. The van der Waals surface area contributed by atoms with Crippen molar-refractivity contribution in [3.05, 3.63) is 29.8 Å². The Morgan fingerprint density at radius 3 is 2.30 bits per heavy atom. The average Bonchev–Trinajstić information content (AvgIpc) is 3.21. The van der Waals surface area contributed by atoms with Gasteiger partial charge in [-0.3, -0.25) is 4.84 Å². The Morgan fingerprint density at radius 2 is 1.85 bits per heavy atom. The molecule has 1 aromatic carbocycles. The monoisotopic (exact) mass is 299 g/mol. The summed E-state index contributed by atoms with van der Waals surface area (Å²) in [5, 5.41) is 8.85. The Labute approximate surface area is 117 Å². The van der Waals surface area contributed by atoms with E-state index in [9.17, 15) is 13.2 Å². The molecular formula is C13H17NO5S. The lowest BCUT2D eigenvalue weighted by atomic mass is 10.1. The molecule has 0 aromatic heterocycles. The van der Waals surface area contributed by atoms with Crippen molar-refractivity contribution in [3.63, 3.8) is 0 Å². The molecule has 1 aliphatic carbocycles. The van der Waals surface area contributed by atoms with Crippen LogP contribution in [0.5, 0.6) is 0 Å². The molecule has 20 heavy (non-hydrogen) atoms. The van der Waals surface area contributed by atoms with Crippen LogP contribution in [-0.4, -0.2) is 25.1 Å². The maximum absolute atomic E-state index is 12.0. The third kappa shape index (κ3) is 3.36. The highest BCUT2D eigenvalue weighted by Crippen LogP contribution is 2.40. The Bertz CT molecular complexity index is 602. The molecule has 2 N–H and O–H groups in total. The standard InChI is InChI=1S/C13H17NO5S/c1-13(2,12(15)16)19-14-20(17,18)11-7-5-10(6-8-11)9-3-4-9/h5-9,14H,3-4H2,1-2H3,(H,15,16). The third-order valence-electron chi connectivity index (χ3n) is 3.16. The fourth-order valence-corrected chi connectivity index (χ4v) is 2.50. The Kier molecular flexibility index (Phi) is 3.86. The van der Waals surface area contributed by atoms with Gasteiger partial charge in [0.05, 0.1) is 4.90 Å². The van der Waals surface area contributed by atoms with Crippen molar-refractivity contribution in [2.75, 3.05) is 0 Å². The van der Waals surface area contributed by atoms with Crippen LogP contribution in [0.3, 0.4) is 0 Å². The van der Waals surface area contributed by atoms with Crippen LogP contribution in [0.4, 0.5) is 0 Å². The minimum atomic E-state index is -3.88. The molecule has 0 aliphatic heterocycles. The van der Waals surface area contributed by atoms with E-state index in [0.717, 1.165) is 18.4 Å². The fourth-order valence-electron chi connectivity index (χ4n) is 1.59. The number of rotatable bonds is 6. The number of hydrogen-bond acceptors (Lipinski definition) is 4. The van der Waals surface area contributed by atoms with E-state index in [4.69, 9.17) is 9.94 Å². The van der Waals surface area contributed by atoms with Crippen molar-refractivity contribution in [1.29, 1.82) is 0 Å². The van der Waals surface area contributed by atoms with Gasteiger partial charge in [0, 0.05) is 0 Å². The van der Waals surface area contributed by atoms with E-state index in [1.165, 1.54) is 26.0 Å². The molecule has 0 saturated heterocycles. The van der Waals surface area contributed by atoms with E-state index in [0.29, 0.717) is 5.92 Å². The van der Waals surface area contributed by atoms with Gasteiger partial charge in [0.1, 0.15) is 0 Å². The van der Waals surface area contributed by atoms with Crippen molar-refractivity contribution in [2.24, 2.45) is 0 Å². The summed E-state index contributed by atoms with van der Waals surface area (Å²) in [7, 11) is -3.88. The Hall–Kier alpha value is -1.44. The number of nitrogens with one attached hydrogen (secondary N) is 1. The lowest BCUT2D eigenvalue weighted by Gasteiger charge is -2.19. The van der Waals surface area contributed by atoms with Crippen molar-refractivity contribution in [1.82, 2.24) is 4.89 Å². The predicted octanol–water partition coefficient (Wildman–Crippen LogP) is 1.64. The second-order valence-electron chi connectivity index (χ2n) is 5.35. The van der Waals surface area contributed by atoms with Gasteiger partial charge in [-0.1, -0.05) is 17.0 Å². The van der Waals surface area contributed by atoms with E-state index >= 15 is 0 Å². The molecule has 0 radical (unpaired) electrons. The summed E-state index contributed by atoms with van der Waals surface area (Å²) in [4.78, 5) is 17.5. The van der Waals surface area contributed by atoms with Gasteiger partial charge < -0.3 is 5.11 Å². The zero-order valence-corrected chi connectivity index (χ0v) is 12.1. The van der Waals surface area contributed by atoms with E-state index in [-0.39, 0.29) is 4.90 Å². The van der Waals surface area contributed by atoms with Crippen LogP contribution < -0.4 is 4.89 Å². The third-order valence-corrected chi connectivity index (χ3v) is 4.36. The highest BCUT2D eigenvalue weighted by atomic mass is 32.2. The molecule has 0 heterocycles. The number of benzene rings is 1. The molecule has 2 rings (SSSR count). The molecule has 1 fully saturated rings. The fraction of sp³-hybridized carbons (Fsp3) is 0.462. The number of carboxylic acids is 1. The summed E-state index contributed by atoms with van der Waals surface area (Å²) >= 11 is 0. The van der Waals surface area contributed by atoms with Crippen LogP contribution in [0.2, 0.25) is 0 Å². The lowest BCUT2D eigenvalue weighted by molar-refractivity contribution is -0.165. The first-order valence-corrected chi connectivity index (χ1v) is 7.74. The minimum absolute atomic E-state index is 0.0445. The van der Waals surface area contributed by atoms with Crippen molar-refractivity contribution in [2.45, 2.75) is 43.1 Å². The van der Waals surface area contributed by atoms with Gasteiger partial charge >= 0.3 is 5.97 Å². The number of hydrogen-bond donors (Lipinski definition) is 2. The maximum Gasteiger partial charge on any atom is 0.337 e. The summed E-state index contributed by atoms with van der Waals surface area (Å²) in [5.74, 6) is -0.716. The zero-order chi connectivity index (χ0) is 15.0. The first kappa shape index (κ1) is 15.0. The number of aliphatic carboxylic acids is 1. The molecule has 0 amide bonds. The molecule has 0 bridgehead atoms. The second kappa shape index (κ2) is 5.16. The first-order valence-electron chi connectivity index (χ1n) is 6.25. The highest BCUT2D eigenvalue weighted by Gasteiger charge is 2.31. The van der Waals surface area contributed by atoms with Gasteiger partial charge in [0.15, 0.2) is 5.60 Å².